The molecule has 0 bridgehead atoms. The normalized spacial score (nSPS) is 15.9. The van der Waals surface area contributed by atoms with Crippen molar-refractivity contribution < 1.29 is 9.53 Å². The molecule has 1 heterocycles. The van der Waals surface area contributed by atoms with Crippen LogP contribution in [0.15, 0.2) is 0 Å². The summed E-state index contributed by atoms with van der Waals surface area (Å²) in [4.78, 5) is 11.7. The number of ether oxygens (including phenoxy) is 1. The fourth-order valence-corrected chi connectivity index (χ4v) is 2.32. The Hall–Kier alpha value is -0.320. The number of halogens is 1. The largest absolute Gasteiger partial charge is 0.381 e. The minimum absolute atomic E-state index is 0. The lowest BCUT2D eigenvalue weighted by molar-refractivity contribution is -0.121. The van der Waals surface area contributed by atoms with E-state index in [1.807, 2.05) is 0 Å². The third kappa shape index (κ3) is 10.5. The molecule has 0 aromatic carbocycles. The van der Waals surface area contributed by atoms with Gasteiger partial charge in [-0.15, -0.1) is 12.4 Å². The SMILES string of the molecule is CC(C)COCCCNC(=O)CCC1CCNCC1.Cl. The van der Waals surface area contributed by atoms with Crippen LogP contribution in [-0.4, -0.2) is 38.8 Å². The lowest BCUT2D eigenvalue weighted by Crippen LogP contribution is -2.30. The molecule has 1 rings (SSSR count). The molecular weight excluding hydrogens is 276 g/mol. The van der Waals surface area contributed by atoms with E-state index < -0.39 is 0 Å². The molecule has 1 fully saturated rings. The van der Waals surface area contributed by atoms with Gasteiger partial charge in [0.15, 0.2) is 0 Å². The third-order valence-corrected chi connectivity index (χ3v) is 3.48. The second-order valence-electron chi connectivity index (χ2n) is 5.90. The number of rotatable bonds is 9. The number of nitrogens with one attached hydrogen (secondary N) is 2. The van der Waals surface area contributed by atoms with Crippen LogP contribution in [0.3, 0.4) is 0 Å². The number of amides is 1. The average Bonchev–Trinajstić information content (AvgIpc) is 2.41. The minimum atomic E-state index is 0. The van der Waals surface area contributed by atoms with E-state index >= 15 is 0 Å². The highest BCUT2D eigenvalue weighted by molar-refractivity contribution is 5.85. The molecule has 1 aliphatic heterocycles. The van der Waals surface area contributed by atoms with Gasteiger partial charge in [-0.1, -0.05) is 13.8 Å². The summed E-state index contributed by atoms with van der Waals surface area (Å²) in [6.45, 7) is 8.80. The number of hydrogen-bond donors (Lipinski definition) is 2. The summed E-state index contributed by atoms with van der Waals surface area (Å²) >= 11 is 0. The molecule has 1 amide bonds. The van der Waals surface area contributed by atoms with Gasteiger partial charge in [0.05, 0.1) is 0 Å². The van der Waals surface area contributed by atoms with E-state index in [4.69, 9.17) is 4.74 Å². The van der Waals surface area contributed by atoms with Gasteiger partial charge < -0.3 is 15.4 Å². The fraction of sp³-hybridized carbons (Fsp3) is 0.933. The highest BCUT2D eigenvalue weighted by Gasteiger charge is 2.14. The van der Waals surface area contributed by atoms with Crippen LogP contribution in [0.1, 0.15) is 46.0 Å². The lowest BCUT2D eigenvalue weighted by Gasteiger charge is -2.22. The van der Waals surface area contributed by atoms with Crippen LogP contribution in [0.5, 0.6) is 0 Å². The van der Waals surface area contributed by atoms with E-state index in [2.05, 4.69) is 24.5 Å². The second kappa shape index (κ2) is 12.4. The number of carbonyl (C=O) groups excluding carboxylic acids is 1. The molecular formula is C15H31ClN2O2. The first kappa shape index (κ1) is 19.7. The van der Waals surface area contributed by atoms with Crippen LogP contribution in [0.2, 0.25) is 0 Å². The number of carbonyl (C=O) groups is 1. The smallest absolute Gasteiger partial charge is 0.220 e. The summed E-state index contributed by atoms with van der Waals surface area (Å²) in [6.07, 6.45) is 5.06. The van der Waals surface area contributed by atoms with Crippen molar-refractivity contribution in [2.45, 2.75) is 46.0 Å². The highest BCUT2D eigenvalue weighted by Crippen LogP contribution is 2.17. The van der Waals surface area contributed by atoms with Gasteiger partial charge in [-0.05, 0) is 50.6 Å². The Morgan fingerprint density at radius 2 is 2.05 bits per heavy atom. The maximum atomic E-state index is 11.7. The molecule has 20 heavy (non-hydrogen) atoms. The lowest BCUT2D eigenvalue weighted by atomic mass is 9.93. The van der Waals surface area contributed by atoms with Crippen molar-refractivity contribution in [3.63, 3.8) is 0 Å². The Morgan fingerprint density at radius 3 is 2.70 bits per heavy atom. The van der Waals surface area contributed by atoms with Gasteiger partial charge in [-0.2, -0.15) is 0 Å². The fourth-order valence-electron chi connectivity index (χ4n) is 2.32. The Kier molecular flexibility index (Phi) is 12.2. The maximum Gasteiger partial charge on any atom is 0.220 e. The van der Waals surface area contributed by atoms with Gasteiger partial charge >= 0.3 is 0 Å². The van der Waals surface area contributed by atoms with Crippen molar-refractivity contribution in [2.24, 2.45) is 11.8 Å². The van der Waals surface area contributed by atoms with E-state index in [0.717, 1.165) is 51.6 Å². The van der Waals surface area contributed by atoms with Crippen LogP contribution in [0, 0.1) is 11.8 Å². The molecule has 0 spiro atoms. The number of hydrogen-bond acceptors (Lipinski definition) is 3. The quantitative estimate of drug-likeness (QED) is 0.643. The van der Waals surface area contributed by atoms with E-state index in [1.54, 1.807) is 0 Å². The summed E-state index contributed by atoms with van der Waals surface area (Å²) in [6, 6.07) is 0. The summed E-state index contributed by atoms with van der Waals surface area (Å²) < 4.78 is 5.47. The van der Waals surface area contributed by atoms with Crippen LogP contribution in [-0.2, 0) is 9.53 Å². The van der Waals surface area contributed by atoms with Gasteiger partial charge in [0.25, 0.3) is 0 Å². The van der Waals surface area contributed by atoms with E-state index in [9.17, 15) is 4.79 Å². The highest BCUT2D eigenvalue weighted by atomic mass is 35.5. The zero-order chi connectivity index (χ0) is 13.9. The van der Waals surface area contributed by atoms with E-state index in [-0.39, 0.29) is 18.3 Å². The summed E-state index contributed by atoms with van der Waals surface area (Å²) in [5.74, 6) is 1.52. The van der Waals surface area contributed by atoms with Crippen LogP contribution in [0.25, 0.3) is 0 Å². The van der Waals surface area contributed by atoms with Crippen LogP contribution >= 0.6 is 12.4 Å². The molecule has 0 aromatic heterocycles. The number of piperidine rings is 1. The second-order valence-corrected chi connectivity index (χ2v) is 5.90. The molecule has 0 aromatic rings. The monoisotopic (exact) mass is 306 g/mol. The van der Waals surface area contributed by atoms with Crippen molar-refractivity contribution in [3.05, 3.63) is 0 Å². The summed E-state index contributed by atoms with van der Waals surface area (Å²) in [7, 11) is 0. The first-order valence-corrected chi connectivity index (χ1v) is 7.73. The Balaban J connectivity index is 0.00000361. The van der Waals surface area contributed by atoms with Crippen molar-refractivity contribution in [1.29, 1.82) is 0 Å². The standard InChI is InChI=1S/C15H30N2O2.ClH/c1-13(2)12-19-11-3-8-17-15(18)5-4-14-6-9-16-10-7-14;/h13-14,16H,3-12H2,1-2H3,(H,17,18);1H. The molecule has 0 aliphatic carbocycles. The Morgan fingerprint density at radius 1 is 1.35 bits per heavy atom. The van der Waals surface area contributed by atoms with Crippen LogP contribution in [0.4, 0.5) is 0 Å². The minimum Gasteiger partial charge on any atom is -0.381 e. The zero-order valence-corrected chi connectivity index (χ0v) is 13.8. The molecule has 4 nitrogen and oxygen atoms in total. The van der Waals surface area contributed by atoms with Crippen molar-refractivity contribution in [2.75, 3.05) is 32.8 Å². The van der Waals surface area contributed by atoms with Gasteiger partial charge in [-0.25, -0.2) is 0 Å². The Labute approximate surface area is 129 Å². The van der Waals surface area contributed by atoms with Gasteiger partial charge in [0.1, 0.15) is 0 Å². The topological polar surface area (TPSA) is 50.4 Å². The first-order chi connectivity index (χ1) is 9.18. The molecule has 1 aliphatic rings. The summed E-state index contributed by atoms with van der Waals surface area (Å²) in [5, 5.41) is 6.33. The van der Waals surface area contributed by atoms with E-state index in [1.165, 1.54) is 12.8 Å². The van der Waals surface area contributed by atoms with Gasteiger partial charge in [-0.3, -0.25) is 4.79 Å². The van der Waals surface area contributed by atoms with Crippen molar-refractivity contribution in [3.8, 4) is 0 Å². The summed E-state index contributed by atoms with van der Waals surface area (Å²) in [5.41, 5.74) is 0. The van der Waals surface area contributed by atoms with Crippen molar-refractivity contribution in [1.82, 2.24) is 10.6 Å². The molecule has 0 unspecified atom stereocenters. The van der Waals surface area contributed by atoms with Gasteiger partial charge in [0.2, 0.25) is 5.91 Å². The Bertz CT molecular complexity index is 244. The van der Waals surface area contributed by atoms with Crippen molar-refractivity contribution >= 4 is 18.3 Å². The predicted octanol–water partition coefficient (Wildman–Crippen LogP) is 2.37. The molecule has 120 valence electrons. The molecule has 5 heteroatoms. The molecule has 0 atom stereocenters. The zero-order valence-electron chi connectivity index (χ0n) is 13.0. The first-order valence-electron chi connectivity index (χ1n) is 7.73. The molecule has 1 saturated heterocycles. The predicted molar refractivity (Wildman–Crippen MR) is 85.4 cm³/mol. The van der Waals surface area contributed by atoms with Crippen LogP contribution < -0.4 is 10.6 Å². The molecule has 0 saturated carbocycles. The van der Waals surface area contributed by atoms with Gasteiger partial charge in [0, 0.05) is 26.2 Å². The van der Waals surface area contributed by atoms with E-state index in [0.29, 0.717) is 12.3 Å². The average molecular weight is 307 g/mol. The maximum absolute atomic E-state index is 11.7. The molecule has 0 radical (unpaired) electrons. The molecule has 2 N–H and O–H groups in total. The third-order valence-electron chi connectivity index (χ3n) is 3.48.